The van der Waals surface area contributed by atoms with Crippen LogP contribution < -0.4 is 15.5 Å². The molecule has 6 nitrogen and oxygen atoms in total. The van der Waals surface area contributed by atoms with E-state index in [-0.39, 0.29) is 17.9 Å². The molecule has 3 amide bonds. The Hall–Kier alpha value is -3.02. The van der Waals surface area contributed by atoms with Crippen molar-refractivity contribution in [1.82, 2.24) is 10.2 Å². The first-order valence-electron chi connectivity index (χ1n) is 11.4. The number of rotatable bonds is 8. The number of anilines is 2. The van der Waals surface area contributed by atoms with Gasteiger partial charge in [-0.05, 0) is 42.7 Å². The lowest BCUT2D eigenvalue weighted by Gasteiger charge is -2.36. The van der Waals surface area contributed by atoms with Crippen LogP contribution in [0.1, 0.15) is 44.6 Å². The van der Waals surface area contributed by atoms with Crippen LogP contribution in [0.2, 0.25) is 0 Å². The molecule has 3 rings (SSSR count). The molecule has 1 heterocycles. The zero-order chi connectivity index (χ0) is 22.1. The fourth-order valence-corrected chi connectivity index (χ4v) is 3.89. The minimum absolute atomic E-state index is 0.0177. The lowest BCUT2D eigenvalue weighted by molar-refractivity contribution is -0.117. The molecule has 2 N–H and O–H groups in total. The summed E-state index contributed by atoms with van der Waals surface area (Å²) in [4.78, 5) is 29.1. The van der Waals surface area contributed by atoms with E-state index in [1.165, 1.54) is 0 Å². The molecule has 31 heavy (non-hydrogen) atoms. The normalized spacial score (nSPS) is 14.8. The number of amides is 3. The molecule has 1 aliphatic heterocycles. The zero-order valence-corrected chi connectivity index (χ0v) is 18.6. The molecular formula is C25H34N4O2. The van der Waals surface area contributed by atoms with E-state index in [4.69, 9.17) is 0 Å². The van der Waals surface area contributed by atoms with Gasteiger partial charge in [0.05, 0.1) is 5.92 Å². The van der Waals surface area contributed by atoms with Crippen LogP contribution in [0.4, 0.5) is 16.2 Å². The van der Waals surface area contributed by atoms with E-state index in [9.17, 15) is 9.59 Å². The summed E-state index contributed by atoms with van der Waals surface area (Å²) in [6.07, 6.45) is 2.85. The van der Waals surface area contributed by atoms with Gasteiger partial charge in [-0.3, -0.25) is 4.79 Å². The predicted molar refractivity (Wildman–Crippen MR) is 127 cm³/mol. The van der Waals surface area contributed by atoms with Crippen molar-refractivity contribution >= 4 is 23.3 Å². The van der Waals surface area contributed by atoms with Crippen molar-refractivity contribution in [2.45, 2.75) is 39.0 Å². The quantitative estimate of drug-likeness (QED) is 0.618. The van der Waals surface area contributed by atoms with Crippen LogP contribution in [0.15, 0.2) is 54.6 Å². The fourth-order valence-electron chi connectivity index (χ4n) is 3.89. The van der Waals surface area contributed by atoms with Gasteiger partial charge >= 0.3 is 6.03 Å². The molecule has 166 valence electrons. The van der Waals surface area contributed by atoms with Crippen LogP contribution >= 0.6 is 0 Å². The van der Waals surface area contributed by atoms with E-state index < -0.39 is 0 Å². The van der Waals surface area contributed by atoms with Crippen LogP contribution in [-0.4, -0.2) is 49.6 Å². The van der Waals surface area contributed by atoms with Crippen molar-refractivity contribution in [3.8, 4) is 0 Å². The monoisotopic (exact) mass is 422 g/mol. The average molecular weight is 423 g/mol. The molecule has 1 atom stereocenters. The number of hydrogen-bond acceptors (Lipinski definition) is 3. The molecule has 0 bridgehead atoms. The van der Waals surface area contributed by atoms with Crippen molar-refractivity contribution in [2.75, 3.05) is 42.9 Å². The summed E-state index contributed by atoms with van der Waals surface area (Å²) in [5.74, 6) is -0.137. The second-order valence-electron chi connectivity index (χ2n) is 7.97. The van der Waals surface area contributed by atoms with Crippen LogP contribution in [0.25, 0.3) is 0 Å². The number of nitrogens with zero attached hydrogens (tertiary/aromatic N) is 2. The van der Waals surface area contributed by atoms with Crippen molar-refractivity contribution in [2.24, 2.45) is 0 Å². The Morgan fingerprint density at radius 2 is 1.61 bits per heavy atom. The summed E-state index contributed by atoms with van der Waals surface area (Å²) in [5, 5.41) is 6.04. The van der Waals surface area contributed by atoms with E-state index in [1.54, 1.807) is 0 Å². The molecule has 6 heteroatoms. The molecule has 0 saturated carbocycles. The molecular weight excluding hydrogens is 388 g/mol. The maximum atomic E-state index is 12.8. The highest BCUT2D eigenvalue weighted by Crippen LogP contribution is 2.23. The molecule has 0 spiro atoms. The summed E-state index contributed by atoms with van der Waals surface area (Å²) < 4.78 is 0. The molecule has 1 saturated heterocycles. The fraction of sp³-hybridized carbons (Fsp3) is 0.440. The van der Waals surface area contributed by atoms with Gasteiger partial charge in [-0.15, -0.1) is 0 Å². The molecule has 1 aliphatic rings. The van der Waals surface area contributed by atoms with Crippen LogP contribution in [0.5, 0.6) is 0 Å². The van der Waals surface area contributed by atoms with Crippen molar-refractivity contribution in [3.63, 3.8) is 0 Å². The van der Waals surface area contributed by atoms with Gasteiger partial charge in [-0.25, -0.2) is 4.79 Å². The molecule has 2 aromatic carbocycles. The van der Waals surface area contributed by atoms with Crippen LogP contribution in [0.3, 0.4) is 0 Å². The molecule has 0 unspecified atom stereocenters. The second kappa shape index (κ2) is 11.4. The van der Waals surface area contributed by atoms with Gasteiger partial charge in [0.15, 0.2) is 0 Å². The van der Waals surface area contributed by atoms with E-state index in [0.29, 0.717) is 13.1 Å². The topological polar surface area (TPSA) is 64.7 Å². The number of carbonyl (C=O) groups excluding carboxylic acids is 2. The Balaban J connectivity index is 1.51. The Kier molecular flexibility index (Phi) is 8.33. The van der Waals surface area contributed by atoms with Gasteiger partial charge < -0.3 is 20.4 Å². The van der Waals surface area contributed by atoms with Gasteiger partial charge in [0, 0.05) is 44.1 Å². The first-order chi connectivity index (χ1) is 15.1. The number of carbonyl (C=O) groups is 2. The first kappa shape index (κ1) is 22.7. The van der Waals surface area contributed by atoms with E-state index in [0.717, 1.165) is 55.8 Å². The van der Waals surface area contributed by atoms with E-state index in [1.807, 2.05) is 66.4 Å². The third-order valence-electron chi connectivity index (χ3n) is 5.80. The Bertz CT molecular complexity index is 830. The highest BCUT2D eigenvalue weighted by molar-refractivity contribution is 5.96. The van der Waals surface area contributed by atoms with Crippen molar-refractivity contribution in [1.29, 1.82) is 0 Å². The standard InChI is InChI=1S/C25H34N4O2/c1-3-5-15-26-25(31)29-18-16-28(17-19-29)22-13-11-21(12-14-22)27-24(30)23(4-2)20-9-7-6-8-10-20/h6-14,23H,3-5,15-19H2,1-2H3,(H,26,31)(H,27,30)/t23-/m1/s1. The molecule has 0 radical (unpaired) electrons. The number of hydrogen-bond donors (Lipinski definition) is 2. The highest BCUT2D eigenvalue weighted by Gasteiger charge is 2.21. The molecule has 0 aliphatic carbocycles. The largest absolute Gasteiger partial charge is 0.368 e. The molecule has 2 aromatic rings. The van der Waals surface area contributed by atoms with Gasteiger partial charge in [0.1, 0.15) is 0 Å². The summed E-state index contributed by atoms with van der Waals surface area (Å²) >= 11 is 0. The van der Waals surface area contributed by atoms with E-state index in [2.05, 4.69) is 22.5 Å². The van der Waals surface area contributed by atoms with Crippen LogP contribution in [-0.2, 0) is 4.79 Å². The SMILES string of the molecule is CCCCNC(=O)N1CCN(c2ccc(NC(=O)[C@H](CC)c3ccccc3)cc2)CC1. The van der Waals surface area contributed by atoms with Gasteiger partial charge in [0.2, 0.25) is 5.91 Å². The third kappa shape index (κ3) is 6.23. The maximum absolute atomic E-state index is 12.8. The minimum atomic E-state index is -0.155. The van der Waals surface area contributed by atoms with Gasteiger partial charge in [0.25, 0.3) is 0 Å². The second-order valence-corrected chi connectivity index (χ2v) is 7.97. The lowest BCUT2D eigenvalue weighted by atomic mass is 9.95. The number of benzene rings is 2. The third-order valence-corrected chi connectivity index (χ3v) is 5.80. The maximum Gasteiger partial charge on any atom is 0.317 e. The Labute approximate surface area is 185 Å². The lowest BCUT2D eigenvalue weighted by Crippen LogP contribution is -2.52. The smallest absolute Gasteiger partial charge is 0.317 e. The average Bonchev–Trinajstić information content (AvgIpc) is 2.81. The van der Waals surface area contributed by atoms with Gasteiger partial charge in [-0.1, -0.05) is 50.6 Å². The number of nitrogens with one attached hydrogen (secondary N) is 2. The summed E-state index contributed by atoms with van der Waals surface area (Å²) in [7, 11) is 0. The first-order valence-corrected chi connectivity index (χ1v) is 11.4. The summed E-state index contributed by atoms with van der Waals surface area (Å²) in [6, 6.07) is 17.9. The highest BCUT2D eigenvalue weighted by atomic mass is 16.2. The van der Waals surface area contributed by atoms with Crippen LogP contribution in [0, 0.1) is 0 Å². The van der Waals surface area contributed by atoms with Crippen molar-refractivity contribution in [3.05, 3.63) is 60.2 Å². The van der Waals surface area contributed by atoms with Crippen molar-refractivity contribution < 1.29 is 9.59 Å². The number of unbranched alkanes of at least 4 members (excludes halogenated alkanes) is 1. The minimum Gasteiger partial charge on any atom is -0.368 e. The Morgan fingerprint density at radius 3 is 2.23 bits per heavy atom. The number of piperazine rings is 1. The Morgan fingerprint density at radius 1 is 0.935 bits per heavy atom. The number of urea groups is 1. The van der Waals surface area contributed by atoms with Gasteiger partial charge in [-0.2, -0.15) is 0 Å². The molecule has 0 aromatic heterocycles. The van der Waals surface area contributed by atoms with E-state index >= 15 is 0 Å². The zero-order valence-electron chi connectivity index (χ0n) is 18.6. The predicted octanol–water partition coefficient (Wildman–Crippen LogP) is 4.45. The summed E-state index contributed by atoms with van der Waals surface area (Å²) in [5.41, 5.74) is 2.95. The summed E-state index contributed by atoms with van der Waals surface area (Å²) in [6.45, 7) is 7.93. The molecule has 1 fully saturated rings.